The van der Waals surface area contributed by atoms with E-state index in [9.17, 15) is 0 Å². The minimum atomic E-state index is 0.326. The van der Waals surface area contributed by atoms with E-state index in [1.165, 1.54) is 4.88 Å². The summed E-state index contributed by atoms with van der Waals surface area (Å²) in [6, 6.07) is 11.6. The molecule has 2 rings (SSSR count). The van der Waals surface area contributed by atoms with Crippen LogP contribution in [-0.2, 0) is 13.0 Å². The lowest BCUT2D eigenvalue weighted by Crippen LogP contribution is -2.00. The summed E-state index contributed by atoms with van der Waals surface area (Å²) in [5.41, 5.74) is 8.26. The summed E-state index contributed by atoms with van der Waals surface area (Å²) in [7, 11) is 0. The summed E-state index contributed by atoms with van der Waals surface area (Å²) >= 11 is 7.42. The number of nitrogens with one attached hydrogen (secondary N) is 1. The molecule has 92 valence electrons. The number of benzene rings is 1. The van der Waals surface area contributed by atoms with Gasteiger partial charge in [0.2, 0.25) is 0 Å². The highest BCUT2D eigenvalue weighted by molar-refractivity contribution is 7.16. The zero-order valence-corrected chi connectivity index (χ0v) is 11.2. The molecule has 1 aromatic carbocycles. The highest BCUT2D eigenvalue weighted by Crippen LogP contribution is 2.23. The third kappa shape index (κ3) is 3.16. The maximum atomic E-state index is 8.71. The fraction of sp³-hybridized carbons (Fsp3) is 0.154. The van der Waals surface area contributed by atoms with E-state index in [1.807, 2.05) is 30.3 Å². The molecule has 1 heterocycles. The van der Waals surface area contributed by atoms with E-state index in [0.717, 1.165) is 15.6 Å². The van der Waals surface area contributed by atoms with Gasteiger partial charge in [0.05, 0.1) is 16.8 Å². The zero-order valence-electron chi connectivity index (χ0n) is 9.61. The van der Waals surface area contributed by atoms with Gasteiger partial charge in [-0.25, -0.2) is 0 Å². The average Bonchev–Trinajstić information content (AvgIpc) is 2.76. The fourth-order valence-electron chi connectivity index (χ4n) is 1.59. The van der Waals surface area contributed by atoms with Crippen molar-refractivity contribution < 1.29 is 0 Å². The minimum absolute atomic E-state index is 0.326. The Balaban J connectivity index is 2.05. The predicted molar refractivity (Wildman–Crippen MR) is 76.8 cm³/mol. The van der Waals surface area contributed by atoms with E-state index in [-0.39, 0.29) is 0 Å². The summed E-state index contributed by atoms with van der Waals surface area (Å²) in [5.74, 6) is 0. The molecular formula is C13H12ClN3S. The number of rotatable bonds is 4. The van der Waals surface area contributed by atoms with E-state index >= 15 is 0 Å². The predicted octanol–water partition coefficient (Wildman–Crippen LogP) is 3.66. The van der Waals surface area contributed by atoms with E-state index < -0.39 is 0 Å². The molecule has 0 aliphatic rings. The number of nitrogens with zero attached hydrogens (tertiary/aromatic N) is 1. The maximum absolute atomic E-state index is 8.71. The number of hydrogen-bond acceptors (Lipinski definition) is 4. The first-order chi connectivity index (χ1) is 8.69. The minimum Gasteiger partial charge on any atom is -0.398 e. The number of thiophene rings is 1. The van der Waals surface area contributed by atoms with Gasteiger partial charge in [0.1, 0.15) is 0 Å². The van der Waals surface area contributed by atoms with Gasteiger partial charge >= 0.3 is 0 Å². The number of anilines is 2. The molecule has 3 N–H and O–H groups in total. The van der Waals surface area contributed by atoms with E-state index in [4.69, 9.17) is 22.6 Å². The first-order valence-electron chi connectivity index (χ1n) is 5.42. The highest BCUT2D eigenvalue weighted by atomic mass is 35.5. The smallest absolute Gasteiger partial charge is 0.0931 e. The molecule has 0 aliphatic heterocycles. The van der Waals surface area contributed by atoms with Gasteiger partial charge in [-0.2, -0.15) is 5.26 Å². The van der Waals surface area contributed by atoms with Gasteiger partial charge in [-0.1, -0.05) is 11.6 Å². The molecule has 0 saturated carbocycles. The van der Waals surface area contributed by atoms with Crippen LogP contribution in [-0.4, -0.2) is 0 Å². The van der Waals surface area contributed by atoms with Crippen LogP contribution in [0.25, 0.3) is 0 Å². The van der Waals surface area contributed by atoms with Crippen molar-refractivity contribution >= 4 is 34.3 Å². The lowest BCUT2D eigenvalue weighted by atomic mass is 10.1. The molecule has 1 aromatic heterocycles. The Hall–Kier alpha value is -1.70. The molecule has 2 aromatic rings. The van der Waals surface area contributed by atoms with Gasteiger partial charge in [-0.05, 0) is 35.9 Å². The molecule has 0 spiro atoms. The van der Waals surface area contributed by atoms with Gasteiger partial charge < -0.3 is 11.1 Å². The van der Waals surface area contributed by atoms with Crippen LogP contribution in [0.2, 0.25) is 4.34 Å². The molecule has 3 nitrogen and oxygen atoms in total. The quantitative estimate of drug-likeness (QED) is 0.839. The molecule has 0 radical (unpaired) electrons. The van der Waals surface area contributed by atoms with Crippen molar-refractivity contribution in [3.8, 4) is 6.07 Å². The molecule has 18 heavy (non-hydrogen) atoms. The first-order valence-corrected chi connectivity index (χ1v) is 6.62. The van der Waals surface area contributed by atoms with Gasteiger partial charge in [-0.3, -0.25) is 0 Å². The van der Waals surface area contributed by atoms with E-state index in [0.29, 0.717) is 18.7 Å². The van der Waals surface area contributed by atoms with Crippen LogP contribution >= 0.6 is 22.9 Å². The molecule has 0 bridgehead atoms. The van der Waals surface area contributed by atoms with Crippen LogP contribution in [0.4, 0.5) is 11.4 Å². The van der Waals surface area contributed by atoms with Crippen LogP contribution in [0.5, 0.6) is 0 Å². The Morgan fingerprint density at radius 2 is 2.17 bits per heavy atom. The standard InChI is InChI=1S/C13H12ClN3S/c14-13-4-2-11(18-13)8-17-10-1-3-12(16)9(7-10)5-6-15/h1-4,7,17H,5,8,16H2. The summed E-state index contributed by atoms with van der Waals surface area (Å²) in [5, 5.41) is 12.0. The number of nitrogen functional groups attached to an aromatic ring is 1. The van der Waals surface area contributed by atoms with Crippen LogP contribution in [0.15, 0.2) is 30.3 Å². The SMILES string of the molecule is N#CCc1cc(NCc2ccc(Cl)s2)ccc1N. The van der Waals surface area contributed by atoms with Gasteiger partial charge in [0.25, 0.3) is 0 Å². The fourth-order valence-corrected chi connectivity index (χ4v) is 2.62. The molecule has 0 saturated heterocycles. The molecule has 0 amide bonds. The molecule has 0 unspecified atom stereocenters. The number of nitrogens with two attached hydrogens (primary N) is 1. The Morgan fingerprint density at radius 1 is 1.33 bits per heavy atom. The maximum Gasteiger partial charge on any atom is 0.0931 e. The van der Waals surface area contributed by atoms with Crippen LogP contribution < -0.4 is 11.1 Å². The van der Waals surface area contributed by atoms with E-state index in [2.05, 4.69) is 11.4 Å². The van der Waals surface area contributed by atoms with Gasteiger partial charge in [-0.15, -0.1) is 11.3 Å². The van der Waals surface area contributed by atoms with Crippen molar-refractivity contribution in [3.05, 3.63) is 45.1 Å². The normalized spacial score (nSPS) is 10.0. The topological polar surface area (TPSA) is 61.8 Å². The second-order valence-electron chi connectivity index (χ2n) is 3.81. The number of hydrogen-bond donors (Lipinski definition) is 2. The second-order valence-corrected chi connectivity index (χ2v) is 5.61. The Kier molecular flexibility index (Phi) is 4.08. The van der Waals surface area contributed by atoms with Crippen LogP contribution in [0.3, 0.4) is 0 Å². The molecule has 5 heteroatoms. The van der Waals surface area contributed by atoms with Crippen LogP contribution in [0.1, 0.15) is 10.4 Å². The monoisotopic (exact) mass is 277 g/mol. The summed E-state index contributed by atoms with van der Waals surface area (Å²) in [6.07, 6.45) is 0.326. The second kappa shape index (κ2) is 5.76. The lowest BCUT2D eigenvalue weighted by Gasteiger charge is -2.08. The molecule has 0 fully saturated rings. The van der Waals surface area contributed by atoms with Crippen molar-refractivity contribution in [1.82, 2.24) is 0 Å². The summed E-state index contributed by atoms with van der Waals surface area (Å²) in [6.45, 7) is 0.716. The van der Waals surface area contributed by atoms with Crippen molar-refractivity contribution in [2.45, 2.75) is 13.0 Å². The Morgan fingerprint density at radius 3 is 2.83 bits per heavy atom. The van der Waals surface area contributed by atoms with Crippen molar-refractivity contribution in [3.63, 3.8) is 0 Å². The largest absolute Gasteiger partial charge is 0.398 e. The molecule has 0 atom stereocenters. The number of halogens is 1. The highest BCUT2D eigenvalue weighted by Gasteiger charge is 2.02. The van der Waals surface area contributed by atoms with Gasteiger partial charge in [0, 0.05) is 22.8 Å². The summed E-state index contributed by atoms with van der Waals surface area (Å²) in [4.78, 5) is 1.17. The van der Waals surface area contributed by atoms with Crippen LogP contribution in [0, 0.1) is 11.3 Å². The molecular weight excluding hydrogens is 266 g/mol. The molecule has 0 aliphatic carbocycles. The van der Waals surface area contributed by atoms with E-state index in [1.54, 1.807) is 11.3 Å². The first kappa shape index (κ1) is 12.7. The Labute approximate surface area is 115 Å². The van der Waals surface area contributed by atoms with Crippen molar-refractivity contribution in [2.75, 3.05) is 11.1 Å². The van der Waals surface area contributed by atoms with Crippen molar-refractivity contribution in [2.24, 2.45) is 0 Å². The zero-order chi connectivity index (χ0) is 13.0. The average molecular weight is 278 g/mol. The lowest BCUT2D eigenvalue weighted by molar-refractivity contribution is 1.18. The number of nitriles is 1. The van der Waals surface area contributed by atoms with Gasteiger partial charge in [0.15, 0.2) is 0 Å². The third-order valence-electron chi connectivity index (χ3n) is 2.51. The third-order valence-corrected chi connectivity index (χ3v) is 3.74. The Bertz CT molecular complexity index is 586. The van der Waals surface area contributed by atoms with Crippen molar-refractivity contribution in [1.29, 1.82) is 5.26 Å². The summed E-state index contributed by atoms with van der Waals surface area (Å²) < 4.78 is 0.786.